The highest BCUT2D eigenvalue weighted by atomic mass is 32.2. The Morgan fingerprint density at radius 2 is 2.35 bits per heavy atom. The normalized spacial score (nSPS) is 14.6. The lowest BCUT2D eigenvalue weighted by Crippen LogP contribution is -2.06. The number of carbonyl (C=O) groups excluding carboxylic acids is 1. The number of esters is 1. The molecule has 0 atom stereocenters. The Bertz CT molecular complexity index is 468. The first-order chi connectivity index (χ1) is 8.22. The van der Waals surface area contributed by atoms with Crippen molar-refractivity contribution in [3.8, 4) is 0 Å². The minimum Gasteiger partial charge on any atom is -0.462 e. The maximum Gasteiger partial charge on any atom is 0.338 e. The van der Waals surface area contributed by atoms with Gasteiger partial charge in [0.15, 0.2) is 0 Å². The molecule has 17 heavy (non-hydrogen) atoms. The zero-order chi connectivity index (χ0) is 12.3. The fourth-order valence-electron chi connectivity index (χ4n) is 1.74. The number of thioether (sulfide) groups is 1. The molecule has 0 spiro atoms. The Hall–Kier alpha value is -1.29. The van der Waals surface area contributed by atoms with E-state index in [0.29, 0.717) is 12.2 Å². The SMILES string of the molecule is CCOC(=O)c1ccc(C2=NCCS2)c(C)c1. The second-order valence-corrected chi connectivity index (χ2v) is 4.87. The standard InChI is InChI=1S/C13H15NO2S/c1-3-16-13(15)10-4-5-11(9(2)8-10)12-14-6-7-17-12/h4-5,8H,3,6-7H2,1-2H3. The Morgan fingerprint density at radius 1 is 1.53 bits per heavy atom. The lowest BCUT2D eigenvalue weighted by atomic mass is 10.1. The highest BCUT2D eigenvalue weighted by Crippen LogP contribution is 2.22. The molecule has 3 nitrogen and oxygen atoms in total. The van der Waals surface area contributed by atoms with Gasteiger partial charge in [-0.25, -0.2) is 4.79 Å². The number of ether oxygens (including phenoxy) is 1. The lowest BCUT2D eigenvalue weighted by molar-refractivity contribution is 0.0526. The van der Waals surface area contributed by atoms with Crippen LogP contribution in [0.15, 0.2) is 23.2 Å². The summed E-state index contributed by atoms with van der Waals surface area (Å²) in [6, 6.07) is 5.63. The molecule has 0 amide bonds. The van der Waals surface area contributed by atoms with Crippen molar-refractivity contribution in [2.45, 2.75) is 13.8 Å². The number of aryl methyl sites for hydroxylation is 1. The van der Waals surface area contributed by atoms with Gasteiger partial charge in [-0.15, -0.1) is 11.8 Å². The fraction of sp³-hybridized carbons (Fsp3) is 0.385. The van der Waals surface area contributed by atoms with Gasteiger partial charge in [0.05, 0.1) is 17.2 Å². The molecule has 90 valence electrons. The number of carbonyl (C=O) groups is 1. The van der Waals surface area contributed by atoms with Crippen LogP contribution >= 0.6 is 11.8 Å². The summed E-state index contributed by atoms with van der Waals surface area (Å²) in [5, 5.41) is 1.08. The molecular weight excluding hydrogens is 234 g/mol. The van der Waals surface area contributed by atoms with E-state index >= 15 is 0 Å². The smallest absolute Gasteiger partial charge is 0.338 e. The van der Waals surface area contributed by atoms with Crippen molar-refractivity contribution >= 4 is 22.8 Å². The van der Waals surface area contributed by atoms with Crippen molar-refractivity contribution in [1.82, 2.24) is 0 Å². The van der Waals surface area contributed by atoms with E-state index in [-0.39, 0.29) is 5.97 Å². The van der Waals surface area contributed by atoms with E-state index in [0.717, 1.165) is 28.5 Å². The highest BCUT2D eigenvalue weighted by Gasteiger charge is 2.14. The molecule has 1 aliphatic heterocycles. The van der Waals surface area contributed by atoms with Crippen LogP contribution in [0.3, 0.4) is 0 Å². The zero-order valence-electron chi connectivity index (χ0n) is 10.0. The first-order valence-electron chi connectivity index (χ1n) is 5.67. The van der Waals surface area contributed by atoms with Crippen LogP contribution in [0.5, 0.6) is 0 Å². The molecule has 2 rings (SSSR count). The average Bonchev–Trinajstić information content (AvgIpc) is 2.82. The van der Waals surface area contributed by atoms with Gasteiger partial charge in [-0.3, -0.25) is 4.99 Å². The molecule has 1 aromatic carbocycles. The number of hydrogen-bond acceptors (Lipinski definition) is 4. The van der Waals surface area contributed by atoms with Crippen molar-refractivity contribution in [3.63, 3.8) is 0 Å². The van der Waals surface area contributed by atoms with Gasteiger partial charge in [0.25, 0.3) is 0 Å². The quantitative estimate of drug-likeness (QED) is 0.773. The lowest BCUT2D eigenvalue weighted by Gasteiger charge is -2.07. The molecule has 0 bridgehead atoms. The largest absolute Gasteiger partial charge is 0.462 e. The number of rotatable bonds is 3. The number of aliphatic imine (C=N–C) groups is 1. The van der Waals surface area contributed by atoms with Crippen molar-refractivity contribution in [2.24, 2.45) is 4.99 Å². The Morgan fingerprint density at radius 3 is 2.94 bits per heavy atom. The van der Waals surface area contributed by atoms with Gasteiger partial charge in [-0.05, 0) is 31.5 Å². The van der Waals surface area contributed by atoms with Crippen LogP contribution in [0.1, 0.15) is 28.4 Å². The molecule has 4 heteroatoms. The van der Waals surface area contributed by atoms with Crippen LogP contribution in [0.4, 0.5) is 0 Å². The number of hydrogen-bond donors (Lipinski definition) is 0. The Labute approximate surface area is 105 Å². The van der Waals surface area contributed by atoms with Gasteiger partial charge >= 0.3 is 5.97 Å². The van der Waals surface area contributed by atoms with Crippen LogP contribution in [0.25, 0.3) is 0 Å². The minimum absolute atomic E-state index is 0.261. The molecule has 0 fully saturated rings. The van der Waals surface area contributed by atoms with Crippen LogP contribution < -0.4 is 0 Å². The first-order valence-corrected chi connectivity index (χ1v) is 6.66. The molecule has 0 saturated carbocycles. The summed E-state index contributed by atoms with van der Waals surface area (Å²) in [5.74, 6) is 0.789. The van der Waals surface area contributed by atoms with E-state index in [1.807, 2.05) is 32.0 Å². The van der Waals surface area contributed by atoms with E-state index in [9.17, 15) is 4.79 Å². The predicted octanol–water partition coefficient (Wildman–Crippen LogP) is 2.67. The van der Waals surface area contributed by atoms with Crippen molar-refractivity contribution in [1.29, 1.82) is 0 Å². The summed E-state index contributed by atoms with van der Waals surface area (Å²) in [6.45, 7) is 5.10. The van der Waals surface area contributed by atoms with Crippen LogP contribution in [0.2, 0.25) is 0 Å². The number of benzene rings is 1. The molecule has 0 N–H and O–H groups in total. The number of nitrogens with zero attached hydrogens (tertiary/aromatic N) is 1. The van der Waals surface area contributed by atoms with E-state index in [1.165, 1.54) is 0 Å². The molecule has 0 aliphatic carbocycles. The molecule has 0 radical (unpaired) electrons. The predicted molar refractivity (Wildman–Crippen MR) is 71.0 cm³/mol. The van der Waals surface area contributed by atoms with Gasteiger partial charge in [-0.2, -0.15) is 0 Å². The Balaban J connectivity index is 2.25. The van der Waals surface area contributed by atoms with Gasteiger partial charge in [-0.1, -0.05) is 6.07 Å². The van der Waals surface area contributed by atoms with Gasteiger partial charge in [0, 0.05) is 17.9 Å². The van der Waals surface area contributed by atoms with Crippen LogP contribution in [0, 0.1) is 6.92 Å². The van der Waals surface area contributed by atoms with Crippen molar-refractivity contribution in [3.05, 3.63) is 34.9 Å². The first kappa shape index (κ1) is 12.2. The summed E-state index contributed by atoms with van der Waals surface area (Å²) in [6.07, 6.45) is 0. The third-order valence-corrected chi connectivity index (χ3v) is 3.56. The molecule has 1 aromatic rings. The molecule has 0 aromatic heterocycles. The topological polar surface area (TPSA) is 38.7 Å². The maximum absolute atomic E-state index is 11.6. The Kier molecular flexibility index (Phi) is 3.84. The van der Waals surface area contributed by atoms with Crippen LogP contribution in [-0.2, 0) is 4.74 Å². The van der Waals surface area contributed by atoms with Gasteiger partial charge in [0.2, 0.25) is 0 Å². The molecular formula is C13H15NO2S. The van der Waals surface area contributed by atoms with E-state index in [2.05, 4.69) is 4.99 Å². The monoisotopic (exact) mass is 249 g/mol. The van der Waals surface area contributed by atoms with Gasteiger partial charge < -0.3 is 4.74 Å². The summed E-state index contributed by atoms with van der Waals surface area (Å²) >= 11 is 1.77. The fourth-order valence-corrected chi connectivity index (χ4v) is 2.69. The summed E-state index contributed by atoms with van der Waals surface area (Å²) in [5.41, 5.74) is 2.81. The molecule has 0 saturated heterocycles. The second kappa shape index (κ2) is 5.36. The van der Waals surface area contributed by atoms with Crippen molar-refractivity contribution in [2.75, 3.05) is 18.9 Å². The van der Waals surface area contributed by atoms with Crippen molar-refractivity contribution < 1.29 is 9.53 Å². The van der Waals surface area contributed by atoms with Crippen LogP contribution in [-0.4, -0.2) is 29.9 Å². The zero-order valence-corrected chi connectivity index (χ0v) is 10.8. The summed E-state index contributed by atoms with van der Waals surface area (Å²) in [4.78, 5) is 16.0. The van der Waals surface area contributed by atoms with Gasteiger partial charge in [0.1, 0.15) is 0 Å². The van der Waals surface area contributed by atoms with E-state index in [1.54, 1.807) is 11.8 Å². The van der Waals surface area contributed by atoms with E-state index in [4.69, 9.17) is 4.74 Å². The highest BCUT2D eigenvalue weighted by molar-refractivity contribution is 8.14. The molecule has 1 heterocycles. The maximum atomic E-state index is 11.6. The average molecular weight is 249 g/mol. The summed E-state index contributed by atoms with van der Waals surface area (Å²) in [7, 11) is 0. The minimum atomic E-state index is -0.261. The molecule has 0 unspecified atom stereocenters. The van der Waals surface area contributed by atoms with E-state index < -0.39 is 0 Å². The summed E-state index contributed by atoms with van der Waals surface area (Å²) < 4.78 is 4.97. The third kappa shape index (κ3) is 2.69. The molecule has 1 aliphatic rings. The second-order valence-electron chi connectivity index (χ2n) is 3.79. The third-order valence-electron chi connectivity index (χ3n) is 2.55.